The molecule has 1 aliphatic heterocycles. The van der Waals surface area contributed by atoms with Crippen molar-refractivity contribution in [2.45, 2.75) is 65.6 Å². The van der Waals surface area contributed by atoms with Crippen LogP contribution >= 0.6 is 0 Å². The van der Waals surface area contributed by atoms with Crippen molar-refractivity contribution in [2.24, 2.45) is 5.41 Å². The monoisotopic (exact) mass is 406 g/mol. The fraction of sp³-hybridized carbons (Fsp3) is 0.609. The van der Waals surface area contributed by atoms with Gasteiger partial charge in [0.05, 0.1) is 31.8 Å². The van der Waals surface area contributed by atoms with Gasteiger partial charge in [0.1, 0.15) is 18.5 Å². The molecule has 0 radical (unpaired) electrons. The molecule has 1 saturated heterocycles. The maximum Gasteiger partial charge on any atom is 0.311 e. The highest BCUT2D eigenvalue weighted by Gasteiger charge is 2.37. The second kappa shape index (κ2) is 10.2. The number of rotatable bonds is 9. The van der Waals surface area contributed by atoms with Crippen LogP contribution in [0.1, 0.15) is 46.6 Å². The molecule has 0 spiro atoms. The summed E-state index contributed by atoms with van der Waals surface area (Å²) in [6.45, 7) is 10.5. The average molecular weight is 407 g/mol. The van der Waals surface area contributed by atoms with Crippen LogP contribution in [-0.4, -0.2) is 44.3 Å². The van der Waals surface area contributed by atoms with Crippen molar-refractivity contribution in [3.05, 3.63) is 42.0 Å². The van der Waals surface area contributed by atoms with Crippen molar-refractivity contribution in [3.63, 3.8) is 0 Å². The zero-order valence-electron chi connectivity index (χ0n) is 18.4. The first-order valence-electron chi connectivity index (χ1n) is 9.99. The van der Waals surface area contributed by atoms with Crippen LogP contribution in [0.3, 0.4) is 0 Å². The Morgan fingerprint density at radius 1 is 1.24 bits per heavy atom. The SMILES string of the molecule is COc1ccc(COC(C/C=C/COC(=O)C(C)(C)C)C2COC(C)(C)O2)cc1. The molecule has 1 heterocycles. The topological polar surface area (TPSA) is 63.2 Å². The van der Waals surface area contributed by atoms with Gasteiger partial charge in [-0.3, -0.25) is 4.79 Å². The third-order valence-electron chi connectivity index (χ3n) is 4.53. The Labute approximate surface area is 174 Å². The van der Waals surface area contributed by atoms with Gasteiger partial charge >= 0.3 is 5.97 Å². The Kier molecular flexibility index (Phi) is 8.25. The van der Waals surface area contributed by atoms with Crippen LogP contribution in [0.2, 0.25) is 0 Å². The number of benzene rings is 1. The summed E-state index contributed by atoms with van der Waals surface area (Å²) in [6, 6.07) is 7.78. The molecule has 1 aromatic rings. The van der Waals surface area contributed by atoms with Gasteiger partial charge in [0, 0.05) is 0 Å². The Morgan fingerprint density at radius 3 is 2.48 bits per heavy atom. The summed E-state index contributed by atoms with van der Waals surface area (Å²) >= 11 is 0. The van der Waals surface area contributed by atoms with E-state index in [1.165, 1.54) is 0 Å². The van der Waals surface area contributed by atoms with Gasteiger partial charge in [-0.15, -0.1) is 0 Å². The Hall–Kier alpha value is -1.89. The van der Waals surface area contributed by atoms with Crippen molar-refractivity contribution in [1.29, 1.82) is 0 Å². The first-order chi connectivity index (χ1) is 13.6. The van der Waals surface area contributed by atoms with Crippen molar-refractivity contribution < 1.29 is 28.5 Å². The van der Waals surface area contributed by atoms with Gasteiger partial charge in [-0.2, -0.15) is 0 Å². The van der Waals surface area contributed by atoms with Crippen molar-refractivity contribution in [1.82, 2.24) is 0 Å². The van der Waals surface area contributed by atoms with Crippen LogP contribution < -0.4 is 4.74 Å². The van der Waals surface area contributed by atoms with E-state index >= 15 is 0 Å². The largest absolute Gasteiger partial charge is 0.497 e. The fourth-order valence-corrected chi connectivity index (χ4v) is 2.79. The second-order valence-electron chi connectivity index (χ2n) is 8.62. The van der Waals surface area contributed by atoms with Crippen LogP contribution in [0, 0.1) is 5.41 Å². The molecule has 0 saturated carbocycles. The summed E-state index contributed by atoms with van der Waals surface area (Å²) in [4.78, 5) is 11.8. The number of carbonyl (C=O) groups is 1. The standard InChI is InChI=1S/C23H34O6/c1-22(2,3)21(24)26-14-8-7-9-19(20-16-28-23(4,5)29-20)27-15-17-10-12-18(25-6)13-11-17/h7-8,10-13,19-20H,9,14-16H2,1-6H3/b8-7+. The normalized spacial score (nSPS) is 20.0. The lowest BCUT2D eigenvalue weighted by Crippen LogP contribution is -2.32. The Balaban J connectivity index is 1.90. The minimum absolute atomic E-state index is 0.162. The number of methoxy groups -OCH3 is 1. The smallest absolute Gasteiger partial charge is 0.311 e. The quantitative estimate of drug-likeness (QED) is 0.451. The summed E-state index contributed by atoms with van der Waals surface area (Å²) in [5.41, 5.74) is 0.551. The molecule has 6 heteroatoms. The highest BCUT2D eigenvalue weighted by Crippen LogP contribution is 2.27. The van der Waals surface area contributed by atoms with E-state index in [2.05, 4.69) is 0 Å². The van der Waals surface area contributed by atoms with Gasteiger partial charge in [0.15, 0.2) is 5.79 Å². The minimum atomic E-state index is -0.613. The van der Waals surface area contributed by atoms with Gasteiger partial charge in [0.2, 0.25) is 0 Å². The third kappa shape index (κ3) is 7.80. The average Bonchev–Trinajstić information content (AvgIpc) is 3.03. The molecular weight excluding hydrogens is 372 g/mol. The maximum absolute atomic E-state index is 11.8. The molecular formula is C23H34O6. The fourth-order valence-electron chi connectivity index (χ4n) is 2.79. The first-order valence-corrected chi connectivity index (χ1v) is 9.99. The molecule has 29 heavy (non-hydrogen) atoms. The van der Waals surface area contributed by atoms with Crippen LogP contribution in [0.25, 0.3) is 0 Å². The van der Waals surface area contributed by atoms with Crippen molar-refractivity contribution >= 4 is 5.97 Å². The summed E-state index contributed by atoms with van der Waals surface area (Å²) < 4.78 is 28.3. The molecule has 0 bridgehead atoms. The van der Waals surface area contributed by atoms with E-state index in [9.17, 15) is 4.79 Å². The number of ether oxygens (including phenoxy) is 5. The maximum atomic E-state index is 11.8. The van der Waals surface area contributed by atoms with Gasteiger partial charge in [-0.05, 0) is 58.7 Å². The first kappa shape index (κ1) is 23.4. The minimum Gasteiger partial charge on any atom is -0.497 e. The van der Waals surface area contributed by atoms with Crippen LogP contribution in [-0.2, 0) is 30.3 Å². The van der Waals surface area contributed by atoms with Gasteiger partial charge in [-0.25, -0.2) is 0 Å². The highest BCUT2D eigenvalue weighted by atomic mass is 16.7. The number of carbonyl (C=O) groups excluding carboxylic acids is 1. The molecule has 0 aromatic heterocycles. The highest BCUT2D eigenvalue weighted by molar-refractivity contribution is 5.75. The third-order valence-corrected chi connectivity index (χ3v) is 4.53. The summed E-state index contributed by atoms with van der Waals surface area (Å²) in [5.74, 6) is -0.0192. The van der Waals surface area contributed by atoms with Gasteiger partial charge in [-0.1, -0.05) is 24.3 Å². The zero-order chi connectivity index (χ0) is 21.5. The number of esters is 1. The molecule has 1 aromatic carbocycles. The summed E-state index contributed by atoms with van der Waals surface area (Å²) in [5, 5.41) is 0. The Bertz CT molecular complexity index is 672. The zero-order valence-corrected chi connectivity index (χ0v) is 18.4. The molecule has 1 fully saturated rings. The van der Waals surface area contributed by atoms with Crippen LogP contribution in [0.15, 0.2) is 36.4 Å². The molecule has 6 nitrogen and oxygen atoms in total. The molecule has 2 rings (SSSR count). The summed E-state index contributed by atoms with van der Waals surface area (Å²) in [6.07, 6.45) is 4.10. The van der Waals surface area contributed by atoms with E-state index in [1.54, 1.807) is 7.11 Å². The lowest BCUT2D eigenvalue weighted by atomic mass is 9.97. The lowest BCUT2D eigenvalue weighted by Gasteiger charge is -2.24. The van der Waals surface area contributed by atoms with Crippen LogP contribution in [0.4, 0.5) is 0 Å². The van der Waals surface area contributed by atoms with Gasteiger partial charge in [0.25, 0.3) is 0 Å². The second-order valence-corrected chi connectivity index (χ2v) is 8.62. The molecule has 1 aliphatic rings. The van der Waals surface area contributed by atoms with E-state index in [4.69, 9.17) is 23.7 Å². The predicted octanol–water partition coefficient (Wildman–Crippen LogP) is 4.27. The van der Waals surface area contributed by atoms with E-state index in [1.807, 2.05) is 71.0 Å². The molecule has 2 atom stereocenters. The van der Waals surface area contributed by atoms with E-state index in [0.29, 0.717) is 19.6 Å². The molecule has 0 amide bonds. The van der Waals surface area contributed by atoms with Crippen molar-refractivity contribution in [3.8, 4) is 5.75 Å². The van der Waals surface area contributed by atoms with Crippen molar-refractivity contribution in [2.75, 3.05) is 20.3 Å². The Morgan fingerprint density at radius 2 is 1.93 bits per heavy atom. The molecule has 2 unspecified atom stereocenters. The summed E-state index contributed by atoms with van der Waals surface area (Å²) in [7, 11) is 1.64. The number of hydrogen-bond acceptors (Lipinski definition) is 6. The van der Waals surface area contributed by atoms with Gasteiger partial charge < -0.3 is 23.7 Å². The molecule has 0 aliphatic carbocycles. The molecule has 162 valence electrons. The predicted molar refractivity (Wildman–Crippen MR) is 111 cm³/mol. The van der Waals surface area contributed by atoms with E-state index < -0.39 is 11.2 Å². The number of hydrogen-bond donors (Lipinski definition) is 0. The van der Waals surface area contributed by atoms with Crippen LogP contribution in [0.5, 0.6) is 5.75 Å². The molecule has 0 N–H and O–H groups in total. The lowest BCUT2D eigenvalue weighted by molar-refractivity contribution is -0.157. The van der Waals surface area contributed by atoms with E-state index in [-0.39, 0.29) is 24.8 Å². The van der Waals surface area contributed by atoms with E-state index in [0.717, 1.165) is 11.3 Å².